The summed E-state index contributed by atoms with van der Waals surface area (Å²) in [5.41, 5.74) is 0.575. The molecule has 1 atom stereocenters. The van der Waals surface area contributed by atoms with Gasteiger partial charge < -0.3 is 10.2 Å². The summed E-state index contributed by atoms with van der Waals surface area (Å²) in [4.78, 5) is 28.0. The molecule has 0 heterocycles. The van der Waals surface area contributed by atoms with Gasteiger partial charge in [0.15, 0.2) is 0 Å². The Morgan fingerprint density at radius 3 is 2.18 bits per heavy atom. The van der Waals surface area contributed by atoms with Gasteiger partial charge in [0, 0.05) is 13.1 Å². The lowest BCUT2D eigenvalue weighted by Gasteiger charge is -2.32. The van der Waals surface area contributed by atoms with E-state index in [2.05, 4.69) is 5.32 Å². The summed E-state index contributed by atoms with van der Waals surface area (Å²) in [6.45, 7) is 5.10. The minimum absolute atomic E-state index is 0.0139. The summed E-state index contributed by atoms with van der Waals surface area (Å²) < 4.78 is 41.9. The Morgan fingerprint density at radius 1 is 0.923 bits per heavy atom. The number of hydrogen-bond acceptors (Lipinski definition) is 4. The van der Waals surface area contributed by atoms with Gasteiger partial charge in [-0.3, -0.25) is 13.9 Å². The van der Waals surface area contributed by atoms with Crippen LogP contribution in [0.1, 0.15) is 26.3 Å². The molecule has 3 aromatic rings. The van der Waals surface area contributed by atoms with Gasteiger partial charge in [0.1, 0.15) is 18.4 Å². The molecule has 1 N–H and O–H groups in total. The highest BCUT2D eigenvalue weighted by atomic mass is 35.5. The maximum Gasteiger partial charge on any atom is 0.264 e. The molecule has 0 radical (unpaired) electrons. The van der Waals surface area contributed by atoms with Gasteiger partial charge in [-0.05, 0) is 54.8 Å². The first-order valence-corrected chi connectivity index (χ1v) is 14.4. The number of halogens is 3. The number of carbonyl (C=O) groups excluding carboxylic acids is 2. The zero-order chi connectivity index (χ0) is 28.7. The first kappa shape index (κ1) is 30.4. The van der Waals surface area contributed by atoms with Crippen LogP contribution < -0.4 is 9.62 Å². The molecule has 0 unspecified atom stereocenters. The van der Waals surface area contributed by atoms with Gasteiger partial charge >= 0.3 is 0 Å². The van der Waals surface area contributed by atoms with E-state index in [-0.39, 0.29) is 33.1 Å². The molecule has 0 bridgehead atoms. The number of benzene rings is 3. The average molecular weight is 595 g/mol. The number of nitrogens with one attached hydrogen (secondary N) is 1. The van der Waals surface area contributed by atoms with Crippen LogP contribution in [0.2, 0.25) is 10.0 Å². The number of rotatable bonds is 11. The smallest absolute Gasteiger partial charge is 0.264 e. The Labute approximate surface area is 238 Å². The van der Waals surface area contributed by atoms with Crippen LogP contribution in [0.5, 0.6) is 0 Å². The Morgan fingerprint density at radius 2 is 1.56 bits per heavy atom. The van der Waals surface area contributed by atoms with Crippen molar-refractivity contribution in [2.24, 2.45) is 5.92 Å². The third-order valence-electron chi connectivity index (χ3n) is 5.93. The minimum Gasteiger partial charge on any atom is -0.354 e. The van der Waals surface area contributed by atoms with Gasteiger partial charge in [-0.15, -0.1) is 0 Å². The molecular weight excluding hydrogens is 564 g/mol. The molecule has 0 saturated carbocycles. The number of amides is 2. The maximum absolute atomic E-state index is 13.8. The van der Waals surface area contributed by atoms with Gasteiger partial charge in [-0.2, -0.15) is 0 Å². The third-order valence-corrected chi connectivity index (χ3v) is 8.51. The monoisotopic (exact) mass is 593 g/mol. The maximum atomic E-state index is 13.8. The van der Waals surface area contributed by atoms with E-state index in [4.69, 9.17) is 23.2 Å². The molecule has 208 valence electrons. The largest absolute Gasteiger partial charge is 0.354 e. The first-order valence-electron chi connectivity index (χ1n) is 12.2. The summed E-state index contributed by atoms with van der Waals surface area (Å²) in [5, 5.41) is 2.87. The zero-order valence-electron chi connectivity index (χ0n) is 21.8. The molecular formula is C28H30Cl2FN3O4S. The quantitative estimate of drug-likeness (QED) is 0.317. The Hall–Kier alpha value is -3.14. The molecule has 3 rings (SSSR count). The minimum atomic E-state index is -4.28. The van der Waals surface area contributed by atoms with E-state index in [1.54, 1.807) is 25.1 Å². The lowest BCUT2D eigenvalue weighted by molar-refractivity contribution is -0.139. The summed E-state index contributed by atoms with van der Waals surface area (Å²) in [6, 6.07) is 16.6. The molecule has 0 saturated heterocycles. The molecule has 11 heteroatoms. The number of anilines is 1. The molecule has 0 spiro atoms. The summed E-state index contributed by atoms with van der Waals surface area (Å²) in [6.07, 6.45) is 0. The van der Waals surface area contributed by atoms with E-state index in [0.29, 0.717) is 12.1 Å². The van der Waals surface area contributed by atoms with Crippen molar-refractivity contribution >= 4 is 50.7 Å². The van der Waals surface area contributed by atoms with E-state index in [1.165, 1.54) is 59.5 Å². The van der Waals surface area contributed by atoms with Crippen LogP contribution in [0.3, 0.4) is 0 Å². The number of nitrogens with zero attached hydrogens (tertiary/aromatic N) is 2. The average Bonchev–Trinajstić information content (AvgIpc) is 2.91. The predicted molar refractivity (Wildman–Crippen MR) is 152 cm³/mol. The lowest BCUT2D eigenvalue weighted by Crippen LogP contribution is -2.51. The molecule has 7 nitrogen and oxygen atoms in total. The highest BCUT2D eigenvalue weighted by Gasteiger charge is 2.33. The molecule has 2 amide bonds. The van der Waals surface area contributed by atoms with Crippen molar-refractivity contribution in [3.05, 3.63) is 94.2 Å². The number of hydrogen-bond donors (Lipinski definition) is 1. The number of carbonyl (C=O) groups is 2. The van der Waals surface area contributed by atoms with Gasteiger partial charge in [-0.25, -0.2) is 12.8 Å². The second-order valence-electron chi connectivity index (χ2n) is 9.36. The van der Waals surface area contributed by atoms with Crippen LogP contribution >= 0.6 is 23.2 Å². The summed E-state index contributed by atoms with van der Waals surface area (Å²) >= 11 is 12.6. The van der Waals surface area contributed by atoms with Crippen LogP contribution in [0.4, 0.5) is 10.1 Å². The fourth-order valence-electron chi connectivity index (χ4n) is 3.74. The molecule has 39 heavy (non-hydrogen) atoms. The van der Waals surface area contributed by atoms with Crippen LogP contribution in [0.15, 0.2) is 77.7 Å². The van der Waals surface area contributed by atoms with Crippen LogP contribution in [0, 0.1) is 11.7 Å². The van der Waals surface area contributed by atoms with Gasteiger partial charge in [0.25, 0.3) is 10.0 Å². The number of sulfonamides is 1. The van der Waals surface area contributed by atoms with E-state index < -0.39 is 40.2 Å². The Bertz CT molecular complexity index is 1400. The van der Waals surface area contributed by atoms with Crippen molar-refractivity contribution in [3.8, 4) is 0 Å². The highest BCUT2D eigenvalue weighted by molar-refractivity contribution is 7.92. The first-order chi connectivity index (χ1) is 18.4. The predicted octanol–water partition coefficient (Wildman–Crippen LogP) is 5.52. The van der Waals surface area contributed by atoms with E-state index >= 15 is 0 Å². The van der Waals surface area contributed by atoms with Gasteiger partial charge in [-0.1, -0.05) is 73.4 Å². The zero-order valence-corrected chi connectivity index (χ0v) is 24.1. The van der Waals surface area contributed by atoms with E-state index in [1.807, 2.05) is 13.8 Å². The molecule has 0 aliphatic rings. The molecule has 0 fully saturated rings. The van der Waals surface area contributed by atoms with Crippen molar-refractivity contribution in [2.75, 3.05) is 17.4 Å². The second-order valence-corrected chi connectivity index (χ2v) is 12.0. The summed E-state index contributed by atoms with van der Waals surface area (Å²) in [5.74, 6) is -1.34. The van der Waals surface area contributed by atoms with Crippen LogP contribution in [-0.4, -0.2) is 44.3 Å². The molecule has 0 aliphatic heterocycles. The van der Waals surface area contributed by atoms with Gasteiger partial charge in [0.2, 0.25) is 11.8 Å². The SMILES string of the molecule is CC(C)CNC(=O)[C@H](C)N(Cc1ccc(F)cc1)C(=O)CN(c1cccc(Cl)c1Cl)S(=O)(=O)c1ccccc1. The molecule has 0 aliphatic carbocycles. The van der Waals surface area contributed by atoms with E-state index in [0.717, 1.165) is 4.31 Å². The topological polar surface area (TPSA) is 86.8 Å². The van der Waals surface area contributed by atoms with Crippen molar-refractivity contribution < 1.29 is 22.4 Å². The Kier molecular flexibility index (Phi) is 10.4. The Balaban J connectivity index is 2.04. The van der Waals surface area contributed by atoms with E-state index in [9.17, 15) is 22.4 Å². The molecule has 0 aromatic heterocycles. The van der Waals surface area contributed by atoms with Crippen molar-refractivity contribution in [3.63, 3.8) is 0 Å². The summed E-state index contributed by atoms with van der Waals surface area (Å²) in [7, 11) is -4.28. The van der Waals surface area contributed by atoms with Crippen LogP contribution in [0.25, 0.3) is 0 Å². The fourth-order valence-corrected chi connectivity index (χ4v) is 5.63. The lowest BCUT2D eigenvalue weighted by atomic mass is 10.1. The van der Waals surface area contributed by atoms with Crippen molar-refractivity contribution in [2.45, 2.75) is 38.3 Å². The standard InChI is InChI=1S/C28H30Cl2FN3O4S/c1-19(2)16-32-28(36)20(3)33(17-21-12-14-22(31)15-13-21)26(35)18-34(25-11-7-10-24(29)27(25)30)39(37,38)23-8-5-4-6-9-23/h4-15,19-20H,16-18H2,1-3H3,(H,32,36)/t20-/m0/s1. The van der Waals surface area contributed by atoms with Crippen molar-refractivity contribution in [1.82, 2.24) is 10.2 Å². The fraction of sp³-hybridized carbons (Fsp3) is 0.286. The molecule has 3 aromatic carbocycles. The third kappa shape index (κ3) is 7.71. The normalized spacial score (nSPS) is 12.2. The van der Waals surface area contributed by atoms with Crippen molar-refractivity contribution in [1.29, 1.82) is 0 Å². The second kappa shape index (κ2) is 13.3. The van der Waals surface area contributed by atoms with Gasteiger partial charge in [0.05, 0.1) is 20.6 Å². The highest BCUT2D eigenvalue weighted by Crippen LogP contribution is 2.35. The van der Waals surface area contributed by atoms with Crippen LogP contribution in [-0.2, 0) is 26.2 Å².